The fraction of sp³-hybridized carbons (Fsp3) is 0.538. The van der Waals surface area contributed by atoms with Crippen LogP contribution in [0.1, 0.15) is 65.8 Å². The van der Waals surface area contributed by atoms with Crippen molar-refractivity contribution in [2.24, 2.45) is 11.7 Å². The predicted octanol–water partition coefficient (Wildman–Crippen LogP) is 4.95. The number of methoxy groups -OCH3 is 1. The van der Waals surface area contributed by atoms with Crippen molar-refractivity contribution in [3.8, 4) is 5.75 Å². The largest absolute Gasteiger partial charge is 0.496 e. The highest BCUT2D eigenvalue weighted by atomic mass is 16.5. The topological polar surface area (TPSA) is 55.5 Å². The number of aryl methyl sites for hydroxylation is 2. The smallest absolute Gasteiger partial charge is 0.122 e. The van der Waals surface area contributed by atoms with Crippen LogP contribution in [0.15, 0.2) is 36.4 Å². The Labute approximate surface area is 176 Å². The van der Waals surface area contributed by atoms with Crippen LogP contribution in [0, 0.1) is 12.8 Å². The Bertz CT molecular complexity index is 786. The van der Waals surface area contributed by atoms with E-state index in [1.54, 1.807) is 7.11 Å². The van der Waals surface area contributed by atoms with Gasteiger partial charge in [-0.3, -0.25) is 0 Å². The van der Waals surface area contributed by atoms with Crippen LogP contribution < -0.4 is 10.5 Å². The lowest BCUT2D eigenvalue weighted by Gasteiger charge is -2.26. The van der Waals surface area contributed by atoms with Crippen LogP contribution in [-0.2, 0) is 19.3 Å². The average Bonchev–Trinajstić information content (AvgIpc) is 2.75. The van der Waals surface area contributed by atoms with Crippen molar-refractivity contribution in [3.63, 3.8) is 0 Å². The van der Waals surface area contributed by atoms with Crippen LogP contribution in [-0.4, -0.2) is 25.4 Å². The van der Waals surface area contributed by atoms with Gasteiger partial charge in [0.25, 0.3) is 0 Å². The molecule has 0 radical (unpaired) electrons. The van der Waals surface area contributed by atoms with Gasteiger partial charge >= 0.3 is 0 Å². The summed E-state index contributed by atoms with van der Waals surface area (Å²) in [6, 6.07) is 13.4. The number of aliphatic hydroxyl groups excluding tert-OH is 1. The number of nitrogens with two attached hydrogens (primary N) is 1. The molecule has 0 spiro atoms. The summed E-state index contributed by atoms with van der Waals surface area (Å²) in [6.45, 7) is 3.13. The quantitative estimate of drug-likeness (QED) is 0.560. The molecule has 2 atom stereocenters. The van der Waals surface area contributed by atoms with Crippen LogP contribution in [0.2, 0.25) is 0 Å². The number of aliphatic hydroxyl groups is 1. The van der Waals surface area contributed by atoms with Crippen molar-refractivity contribution in [1.29, 1.82) is 0 Å². The highest BCUT2D eigenvalue weighted by Crippen LogP contribution is 2.32. The van der Waals surface area contributed by atoms with Crippen LogP contribution >= 0.6 is 0 Å². The second kappa shape index (κ2) is 10.8. The van der Waals surface area contributed by atoms with Crippen molar-refractivity contribution in [2.45, 2.75) is 64.2 Å². The third-order valence-electron chi connectivity index (χ3n) is 6.72. The summed E-state index contributed by atoms with van der Waals surface area (Å²) in [6.07, 6.45) is 8.99. The van der Waals surface area contributed by atoms with Crippen molar-refractivity contribution < 1.29 is 9.84 Å². The normalized spacial score (nSPS) is 17.0. The Morgan fingerprint density at radius 2 is 2.03 bits per heavy atom. The van der Waals surface area contributed by atoms with Gasteiger partial charge in [-0.15, -0.1) is 0 Å². The summed E-state index contributed by atoms with van der Waals surface area (Å²) in [5.74, 6) is 2.17. The molecule has 0 heterocycles. The first kappa shape index (κ1) is 21.9. The zero-order chi connectivity index (χ0) is 20.6. The van der Waals surface area contributed by atoms with Gasteiger partial charge < -0.3 is 15.6 Å². The molecule has 0 fully saturated rings. The Hall–Kier alpha value is -1.84. The molecule has 3 rings (SSSR count). The molecule has 2 aromatic rings. The van der Waals surface area contributed by atoms with E-state index in [2.05, 4.69) is 37.3 Å². The lowest BCUT2D eigenvalue weighted by molar-refractivity contribution is 0.281. The maximum atomic E-state index is 9.03. The zero-order valence-electron chi connectivity index (χ0n) is 18.1. The summed E-state index contributed by atoms with van der Waals surface area (Å²) in [4.78, 5) is 0. The summed E-state index contributed by atoms with van der Waals surface area (Å²) < 4.78 is 5.47. The summed E-state index contributed by atoms with van der Waals surface area (Å²) >= 11 is 0. The first-order chi connectivity index (χ1) is 14.2. The van der Waals surface area contributed by atoms with Gasteiger partial charge in [0.2, 0.25) is 0 Å². The molecule has 0 bridgehead atoms. The second-order valence-corrected chi connectivity index (χ2v) is 8.57. The van der Waals surface area contributed by atoms with Crippen LogP contribution in [0.5, 0.6) is 5.75 Å². The van der Waals surface area contributed by atoms with Crippen molar-refractivity contribution in [1.82, 2.24) is 0 Å². The highest BCUT2D eigenvalue weighted by molar-refractivity contribution is 5.39. The van der Waals surface area contributed by atoms with E-state index in [0.717, 1.165) is 37.4 Å². The molecule has 0 aromatic heterocycles. The molecule has 2 aromatic carbocycles. The monoisotopic (exact) mass is 395 g/mol. The SMILES string of the molecule is COc1cccc(CC[C@@H]2CCc3cc([C@H](CN)CCCCO)ccc3C2)c1C. The lowest BCUT2D eigenvalue weighted by Crippen LogP contribution is -2.17. The highest BCUT2D eigenvalue weighted by Gasteiger charge is 2.20. The van der Waals surface area contributed by atoms with Gasteiger partial charge in [0.05, 0.1) is 7.11 Å². The van der Waals surface area contributed by atoms with Gasteiger partial charge in [-0.2, -0.15) is 0 Å². The first-order valence-electron chi connectivity index (χ1n) is 11.2. The summed E-state index contributed by atoms with van der Waals surface area (Å²) in [7, 11) is 1.75. The maximum absolute atomic E-state index is 9.03. The van der Waals surface area contributed by atoms with Crippen molar-refractivity contribution >= 4 is 0 Å². The van der Waals surface area contributed by atoms with Crippen LogP contribution in [0.4, 0.5) is 0 Å². The van der Waals surface area contributed by atoms with E-state index in [1.807, 2.05) is 6.07 Å². The van der Waals surface area contributed by atoms with Crippen molar-refractivity contribution in [3.05, 3.63) is 64.2 Å². The molecular formula is C26H37NO2. The Balaban J connectivity index is 1.60. The van der Waals surface area contributed by atoms with E-state index in [-0.39, 0.29) is 6.61 Å². The molecule has 1 aliphatic carbocycles. The van der Waals surface area contributed by atoms with Gasteiger partial charge in [0.15, 0.2) is 0 Å². The number of unbranched alkanes of at least 4 members (excludes halogenated alkanes) is 1. The zero-order valence-corrected chi connectivity index (χ0v) is 18.1. The van der Waals surface area contributed by atoms with Crippen LogP contribution in [0.3, 0.4) is 0 Å². The fourth-order valence-electron chi connectivity index (χ4n) is 4.79. The minimum Gasteiger partial charge on any atom is -0.496 e. The number of hydrogen-bond donors (Lipinski definition) is 2. The van der Waals surface area contributed by atoms with E-state index in [9.17, 15) is 0 Å². The van der Waals surface area contributed by atoms with Gasteiger partial charge in [-0.25, -0.2) is 0 Å². The minimum absolute atomic E-state index is 0.276. The molecular weight excluding hydrogens is 358 g/mol. The second-order valence-electron chi connectivity index (χ2n) is 8.57. The molecule has 0 saturated heterocycles. The summed E-state index contributed by atoms with van der Waals surface area (Å²) in [5, 5.41) is 9.03. The molecule has 3 nitrogen and oxygen atoms in total. The van der Waals surface area contributed by atoms with E-state index in [1.165, 1.54) is 53.5 Å². The number of fused-ring (bicyclic) bond motifs is 1. The number of ether oxygens (including phenoxy) is 1. The van der Waals surface area contributed by atoms with E-state index < -0.39 is 0 Å². The lowest BCUT2D eigenvalue weighted by atomic mass is 9.79. The molecule has 29 heavy (non-hydrogen) atoms. The predicted molar refractivity (Wildman–Crippen MR) is 121 cm³/mol. The third-order valence-corrected chi connectivity index (χ3v) is 6.72. The molecule has 1 aliphatic rings. The molecule has 0 saturated carbocycles. The van der Waals surface area contributed by atoms with E-state index >= 15 is 0 Å². The van der Waals surface area contributed by atoms with E-state index in [4.69, 9.17) is 15.6 Å². The molecule has 0 aliphatic heterocycles. The standard InChI is InChI=1S/C26H37NO2/c1-19-21(7-5-8-26(19)29-2)11-9-20-10-12-23-17-24(14-13-22(23)16-20)25(18-27)6-3-4-15-28/h5,7-8,13-14,17,20,25,28H,3-4,6,9-12,15-16,18,27H2,1-2H3/t20-,25+/m1/s1. The van der Waals surface area contributed by atoms with Crippen LogP contribution in [0.25, 0.3) is 0 Å². The van der Waals surface area contributed by atoms with E-state index in [0.29, 0.717) is 12.5 Å². The molecule has 0 unspecified atom stereocenters. The average molecular weight is 396 g/mol. The molecule has 3 N–H and O–H groups in total. The summed E-state index contributed by atoms with van der Waals surface area (Å²) in [5.41, 5.74) is 13.2. The molecule has 3 heteroatoms. The van der Waals surface area contributed by atoms with Gasteiger partial charge in [-0.05, 0) is 104 Å². The minimum atomic E-state index is 0.276. The number of benzene rings is 2. The Kier molecular flexibility index (Phi) is 8.14. The Morgan fingerprint density at radius 3 is 2.79 bits per heavy atom. The number of rotatable bonds is 10. The molecule has 0 amide bonds. The van der Waals surface area contributed by atoms with Crippen molar-refractivity contribution in [2.75, 3.05) is 20.3 Å². The third kappa shape index (κ3) is 5.61. The van der Waals surface area contributed by atoms with Gasteiger partial charge in [0.1, 0.15) is 5.75 Å². The van der Waals surface area contributed by atoms with Gasteiger partial charge in [-0.1, -0.05) is 36.8 Å². The maximum Gasteiger partial charge on any atom is 0.122 e. The Morgan fingerprint density at radius 1 is 1.17 bits per heavy atom. The fourth-order valence-corrected chi connectivity index (χ4v) is 4.79. The molecule has 158 valence electrons. The first-order valence-corrected chi connectivity index (χ1v) is 11.2. The van der Waals surface area contributed by atoms with Gasteiger partial charge in [0, 0.05) is 6.61 Å². The number of hydrogen-bond acceptors (Lipinski definition) is 3.